The molecule has 20 heavy (non-hydrogen) atoms. The predicted octanol–water partition coefficient (Wildman–Crippen LogP) is 0.758. The number of methoxy groups -OCH3 is 1. The van der Waals surface area contributed by atoms with Gasteiger partial charge in [-0.3, -0.25) is 14.6 Å². The summed E-state index contributed by atoms with van der Waals surface area (Å²) in [5.74, 6) is 0.406. The number of ether oxygens (including phenoxy) is 1. The fourth-order valence-electron chi connectivity index (χ4n) is 2.25. The van der Waals surface area contributed by atoms with Crippen LogP contribution in [0, 0.1) is 5.92 Å². The van der Waals surface area contributed by atoms with Gasteiger partial charge in [0.25, 0.3) is 5.91 Å². The van der Waals surface area contributed by atoms with Gasteiger partial charge in [-0.1, -0.05) is 0 Å². The first-order chi connectivity index (χ1) is 9.70. The van der Waals surface area contributed by atoms with E-state index in [0.29, 0.717) is 17.3 Å². The van der Waals surface area contributed by atoms with E-state index in [1.54, 1.807) is 11.7 Å². The van der Waals surface area contributed by atoms with Gasteiger partial charge in [0.1, 0.15) is 11.5 Å². The Morgan fingerprint density at radius 1 is 1.50 bits per heavy atom. The van der Waals surface area contributed by atoms with Crippen molar-refractivity contribution in [2.24, 2.45) is 5.92 Å². The van der Waals surface area contributed by atoms with E-state index in [4.69, 9.17) is 4.74 Å². The highest BCUT2D eigenvalue weighted by Gasteiger charge is 2.23. The van der Waals surface area contributed by atoms with Crippen molar-refractivity contribution < 1.29 is 14.3 Å². The molecule has 1 fully saturated rings. The molecule has 2 rings (SSSR count). The molecule has 1 aliphatic heterocycles. The van der Waals surface area contributed by atoms with Gasteiger partial charge in [0, 0.05) is 26.7 Å². The first-order valence-electron chi connectivity index (χ1n) is 6.64. The highest BCUT2D eigenvalue weighted by Crippen LogP contribution is 2.17. The summed E-state index contributed by atoms with van der Waals surface area (Å²) in [4.78, 5) is 29.8. The van der Waals surface area contributed by atoms with Crippen LogP contribution in [0.15, 0.2) is 11.7 Å². The van der Waals surface area contributed by atoms with E-state index < -0.39 is 0 Å². The van der Waals surface area contributed by atoms with Crippen LogP contribution in [0.25, 0.3) is 0 Å². The van der Waals surface area contributed by atoms with Crippen LogP contribution in [0.2, 0.25) is 0 Å². The summed E-state index contributed by atoms with van der Waals surface area (Å²) in [5.41, 5.74) is 1.65. The second-order valence-corrected chi connectivity index (χ2v) is 5.72. The molecule has 0 spiro atoms. The summed E-state index contributed by atoms with van der Waals surface area (Å²) in [7, 11) is 1.53. The number of carbonyl (C=O) groups excluding carboxylic acids is 2. The van der Waals surface area contributed by atoms with Crippen molar-refractivity contribution in [2.45, 2.75) is 12.8 Å². The first kappa shape index (κ1) is 14.9. The summed E-state index contributed by atoms with van der Waals surface area (Å²) in [6.45, 7) is 2.28. The van der Waals surface area contributed by atoms with Crippen molar-refractivity contribution >= 4 is 23.2 Å². The molecule has 1 saturated heterocycles. The zero-order chi connectivity index (χ0) is 14.4. The number of hydrogen-bond donors (Lipinski definition) is 1. The zero-order valence-electron chi connectivity index (χ0n) is 11.5. The Balaban J connectivity index is 1.69. The molecule has 2 heterocycles. The highest BCUT2D eigenvalue weighted by atomic mass is 32.1. The quantitative estimate of drug-likeness (QED) is 0.871. The largest absolute Gasteiger partial charge is 0.375 e. The van der Waals surface area contributed by atoms with Crippen LogP contribution in [-0.2, 0) is 9.53 Å². The minimum atomic E-state index is -0.0645. The second-order valence-electron chi connectivity index (χ2n) is 4.83. The minimum absolute atomic E-state index is 0.0413. The smallest absolute Gasteiger partial charge is 0.263 e. The molecule has 6 nitrogen and oxygen atoms in total. The lowest BCUT2D eigenvalue weighted by atomic mass is 9.97. The average Bonchev–Trinajstić information content (AvgIpc) is 3.00. The van der Waals surface area contributed by atoms with Gasteiger partial charge in [0.15, 0.2) is 0 Å². The summed E-state index contributed by atoms with van der Waals surface area (Å²) in [5, 5.41) is 2.93. The van der Waals surface area contributed by atoms with Crippen LogP contribution in [0.4, 0.5) is 0 Å². The van der Waals surface area contributed by atoms with Crippen molar-refractivity contribution in [3.05, 3.63) is 16.6 Å². The molecule has 110 valence electrons. The van der Waals surface area contributed by atoms with Crippen LogP contribution >= 0.6 is 11.3 Å². The van der Waals surface area contributed by atoms with Gasteiger partial charge in [-0.15, -0.1) is 11.3 Å². The van der Waals surface area contributed by atoms with E-state index in [1.807, 2.05) is 4.90 Å². The van der Waals surface area contributed by atoms with Crippen molar-refractivity contribution in [3.8, 4) is 0 Å². The Hall–Kier alpha value is -1.47. The topological polar surface area (TPSA) is 71.5 Å². The molecule has 1 aromatic heterocycles. The number of amides is 2. The molecule has 7 heteroatoms. The lowest BCUT2D eigenvalue weighted by molar-refractivity contribution is -0.136. The molecule has 0 saturated carbocycles. The van der Waals surface area contributed by atoms with Crippen molar-refractivity contribution in [3.63, 3.8) is 0 Å². The molecule has 0 radical (unpaired) electrons. The van der Waals surface area contributed by atoms with Crippen LogP contribution in [-0.4, -0.2) is 55.0 Å². The number of hydrogen-bond acceptors (Lipinski definition) is 5. The third kappa shape index (κ3) is 4.01. The first-order valence-corrected chi connectivity index (χ1v) is 7.52. The molecule has 0 atom stereocenters. The van der Waals surface area contributed by atoms with E-state index >= 15 is 0 Å². The zero-order valence-corrected chi connectivity index (χ0v) is 12.3. The van der Waals surface area contributed by atoms with Gasteiger partial charge < -0.3 is 15.0 Å². The van der Waals surface area contributed by atoms with Gasteiger partial charge in [-0.05, 0) is 18.8 Å². The van der Waals surface area contributed by atoms with Crippen LogP contribution < -0.4 is 5.32 Å². The molecule has 1 N–H and O–H groups in total. The molecule has 0 aliphatic carbocycles. The number of carbonyl (C=O) groups is 2. The third-order valence-electron chi connectivity index (χ3n) is 3.44. The molecule has 1 aromatic rings. The molecule has 0 bridgehead atoms. The number of nitrogens with one attached hydrogen (secondary N) is 1. The molecule has 2 amide bonds. The number of rotatable bonds is 5. The lowest BCUT2D eigenvalue weighted by Crippen LogP contribution is -2.42. The summed E-state index contributed by atoms with van der Waals surface area (Å²) >= 11 is 1.34. The van der Waals surface area contributed by atoms with Crippen molar-refractivity contribution in [2.75, 3.05) is 33.4 Å². The van der Waals surface area contributed by atoms with Crippen LogP contribution in [0.3, 0.4) is 0 Å². The van der Waals surface area contributed by atoms with Gasteiger partial charge in [-0.2, -0.15) is 0 Å². The van der Waals surface area contributed by atoms with E-state index in [0.717, 1.165) is 25.9 Å². The maximum Gasteiger partial charge on any atom is 0.263 e. The Kier molecular flexibility index (Phi) is 5.49. The highest BCUT2D eigenvalue weighted by molar-refractivity contribution is 7.11. The predicted molar refractivity (Wildman–Crippen MR) is 75.6 cm³/mol. The second kappa shape index (κ2) is 7.35. The molecule has 1 aliphatic rings. The lowest BCUT2D eigenvalue weighted by Gasteiger charge is -2.31. The number of likely N-dealkylation sites (tertiary alicyclic amines) is 1. The van der Waals surface area contributed by atoms with Crippen molar-refractivity contribution in [1.29, 1.82) is 0 Å². The number of piperidine rings is 1. The normalized spacial score (nSPS) is 16.1. The van der Waals surface area contributed by atoms with E-state index in [-0.39, 0.29) is 18.4 Å². The fourth-order valence-corrected chi connectivity index (χ4v) is 2.79. The van der Waals surface area contributed by atoms with Gasteiger partial charge >= 0.3 is 0 Å². The standard InChI is InChI=1S/C13H19N3O3S/c1-19-8-12(17)16-4-2-10(3-5-16)6-15-13(18)11-7-14-9-20-11/h7,9-10H,2-6,8H2,1H3,(H,15,18). The van der Waals surface area contributed by atoms with Gasteiger partial charge in [-0.25, -0.2) is 0 Å². The maximum absolute atomic E-state index is 11.8. The Morgan fingerprint density at radius 3 is 2.85 bits per heavy atom. The monoisotopic (exact) mass is 297 g/mol. The number of thiazole rings is 1. The van der Waals surface area contributed by atoms with Crippen LogP contribution in [0.5, 0.6) is 0 Å². The van der Waals surface area contributed by atoms with E-state index in [9.17, 15) is 9.59 Å². The van der Waals surface area contributed by atoms with E-state index in [1.165, 1.54) is 18.4 Å². The number of nitrogens with zero attached hydrogens (tertiary/aromatic N) is 2. The Morgan fingerprint density at radius 2 is 2.25 bits per heavy atom. The third-order valence-corrected chi connectivity index (χ3v) is 4.21. The SMILES string of the molecule is COCC(=O)N1CCC(CNC(=O)c2cncs2)CC1. The Labute approximate surface area is 122 Å². The molecular weight excluding hydrogens is 278 g/mol. The fraction of sp³-hybridized carbons (Fsp3) is 0.615. The summed E-state index contributed by atoms with van der Waals surface area (Å²) in [6.07, 6.45) is 3.41. The van der Waals surface area contributed by atoms with Crippen LogP contribution in [0.1, 0.15) is 22.5 Å². The number of aromatic nitrogens is 1. The van der Waals surface area contributed by atoms with Crippen molar-refractivity contribution in [1.82, 2.24) is 15.2 Å². The summed E-state index contributed by atoms with van der Waals surface area (Å²) in [6, 6.07) is 0. The average molecular weight is 297 g/mol. The van der Waals surface area contributed by atoms with E-state index in [2.05, 4.69) is 10.3 Å². The molecule has 0 unspecified atom stereocenters. The minimum Gasteiger partial charge on any atom is -0.375 e. The summed E-state index contributed by atoms with van der Waals surface area (Å²) < 4.78 is 4.85. The Bertz CT molecular complexity index is 442. The maximum atomic E-state index is 11.8. The van der Waals surface area contributed by atoms with Gasteiger partial charge in [0.05, 0.1) is 11.7 Å². The molecular formula is C13H19N3O3S. The van der Waals surface area contributed by atoms with Gasteiger partial charge in [0.2, 0.25) is 5.91 Å². The molecule has 0 aromatic carbocycles.